The Morgan fingerprint density at radius 3 is 2.56 bits per heavy atom. The number of para-hydroxylation sites is 1. The lowest BCUT2D eigenvalue weighted by molar-refractivity contribution is 0.0451. The zero-order valence-electron chi connectivity index (χ0n) is 13.9. The number of methoxy groups -OCH3 is 1. The first kappa shape index (κ1) is 18.6. The van der Waals surface area contributed by atoms with Crippen LogP contribution in [0.3, 0.4) is 0 Å². The Kier molecular flexibility index (Phi) is 6.65. The van der Waals surface area contributed by atoms with Gasteiger partial charge in [0, 0.05) is 12.1 Å². The van der Waals surface area contributed by atoms with Crippen LogP contribution in [0.5, 0.6) is 5.75 Å². The number of benzene rings is 2. The molecular weight excluding hydrogens is 346 g/mol. The van der Waals surface area contributed by atoms with Gasteiger partial charge in [-0.3, -0.25) is 4.90 Å². The van der Waals surface area contributed by atoms with E-state index in [1.807, 2.05) is 0 Å². The second kappa shape index (κ2) is 8.94. The summed E-state index contributed by atoms with van der Waals surface area (Å²) in [5.41, 5.74) is 0.660. The Morgan fingerprint density at radius 1 is 1.08 bits per heavy atom. The van der Waals surface area contributed by atoms with Gasteiger partial charge in [0.15, 0.2) is 0 Å². The summed E-state index contributed by atoms with van der Waals surface area (Å²) in [6, 6.07) is 13.6. The van der Waals surface area contributed by atoms with Crippen LogP contribution in [0.25, 0.3) is 0 Å². The zero-order valence-corrected chi connectivity index (χ0v) is 14.7. The van der Waals surface area contributed by atoms with E-state index >= 15 is 0 Å². The Morgan fingerprint density at radius 2 is 1.84 bits per heavy atom. The van der Waals surface area contributed by atoms with Crippen LogP contribution in [0, 0.1) is 0 Å². The summed E-state index contributed by atoms with van der Waals surface area (Å²) >= 11 is 5.86. The minimum absolute atomic E-state index is 0.0572. The highest BCUT2D eigenvalue weighted by Gasteiger charge is 2.19. The van der Waals surface area contributed by atoms with Gasteiger partial charge >= 0.3 is 12.1 Å². The van der Waals surface area contributed by atoms with Gasteiger partial charge < -0.3 is 14.2 Å². The number of hydrogen-bond donors (Lipinski definition) is 0. The summed E-state index contributed by atoms with van der Waals surface area (Å²) in [7, 11) is 2.78. The second-order valence-electron chi connectivity index (χ2n) is 4.99. The van der Waals surface area contributed by atoms with E-state index in [0.717, 1.165) is 0 Å². The van der Waals surface area contributed by atoms with Gasteiger partial charge in [0.2, 0.25) is 0 Å². The predicted octanol–water partition coefficient (Wildman–Crippen LogP) is 3.78. The largest absolute Gasteiger partial charge is 0.490 e. The van der Waals surface area contributed by atoms with Crippen molar-refractivity contribution in [1.29, 1.82) is 0 Å². The Bertz CT molecular complexity index is 750. The van der Waals surface area contributed by atoms with E-state index in [1.54, 1.807) is 48.5 Å². The smallest absolute Gasteiger partial charge is 0.413 e. The van der Waals surface area contributed by atoms with Gasteiger partial charge in [-0.15, -0.1) is 0 Å². The third-order valence-electron chi connectivity index (χ3n) is 3.32. The van der Waals surface area contributed by atoms with Gasteiger partial charge in [0.1, 0.15) is 19.0 Å². The number of amides is 1. The number of hydrogen-bond acceptors (Lipinski definition) is 5. The quantitative estimate of drug-likeness (QED) is 0.577. The molecule has 2 aromatic rings. The van der Waals surface area contributed by atoms with Crippen molar-refractivity contribution >= 4 is 29.4 Å². The molecule has 0 spiro atoms. The van der Waals surface area contributed by atoms with Crippen LogP contribution >= 0.6 is 11.6 Å². The number of halogens is 1. The molecule has 0 aliphatic heterocycles. The number of ether oxygens (including phenoxy) is 3. The van der Waals surface area contributed by atoms with Gasteiger partial charge in [-0.05, 0) is 30.3 Å². The van der Waals surface area contributed by atoms with Crippen LogP contribution in [0.15, 0.2) is 48.5 Å². The lowest BCUT2D eigenvalue weighted by atomic mass is 10.1. The Hall–Kier alpha value is -2.73. The second-order valence-corrected chi connectivity index (χ2v) is 5.42. The third kappa shape index (κ3) is 5.12. The van der Waals surface area contributed by atoms with Crippen molar-refractivity contribution in [3.8, 4) is 5.75 Å². The van der Waals surface area contributed by atoms with Crippen molar-refractivity contribution < 1.29 is 23.8 Å². The van der Waals surface area contributed by atoms with Gasteiger partial charge in [0.05, 0.1) is 18.4 Å². The molecule has 0 saturated heterocycles. The number of esters is 1. The highest BCUT2D eigenvalue weighted by Crippen LogP contribution is 2.21. The first-order valence-electron chi connectivity index (χ1n) is 7.49. The molecule has 0 atom stereocenters. The summed E-state index contributed by atoms with van der Waals surface area (Å²) in [6.45, 7) is 0.239. The van der Waals surface area contributed by atoms with Crippen molar-refractivity contribution in [1.82, 2.24) is 0 Å². The van der Waals surface area contributed by atoms with E-state index in [1.165, 1.54) is 19.1 Å². The molecule has 132 valence electrons. The van der Waals surface area contributed by atoms with Crippen LogP contribution in [0.1, 0.15) is 10.4 Å². The number of anilines is 1. The average molecular weight is 364 g/mol. The molecular formula is C18H18ClNO5. The fourth-order valence-electron chi connectivity index (χ4n) is 2.10. The lowest BCUT2D eigenvalue weighted by Gasteiger charge is -2.18. The molecule has 0 bridgehead atoms. The molecule has 7 heteroatoms. The Labute approximate surface area is 150 Å². The fraction of sp³-hybridized carbons (Fsp3) is 0.222. The molecule has 0 saturated carbocycles. The maximum atomic E-state index is 12.3. The normalized spacial score (nSPS) is 10.0. The Balaban J connectivity index is 1.94. The van der Waals surface area contributed by atoms with Crippen molar-refractivity contribution in [2.75, 3.05) is 32.3 Å². The van der Waals surface area contributed by atoms with Crippen LogP contribution < -0.4 is 9.64 Å². The summed E-state index contributed by atoms with van der Waals surface area (Å²) in [4.78, 5) is 25.2. The number of carbonyl (C=O) groups excluding carboxylic acids is 2. The molecule has 0 fully saturated rings. The van der Waals surface area contributed by atoms with Gasteiger partial charge in [0.25, 0.3) is 0 Å². The SMILES string of the molecule is COC(=O)N(C)c1ccccc1C(=O)OCCOc1cccc(Cl)c1. The van der Waals surface area contributed by atoms with Crippen molar-refractivity contribution in [2.45, 2.75) is 0 Å². The molecule has 2 rings (SSSR count). The lowest BCUT2D eigenvalue weighted by Crippen LogP contribution is -2.28. The van der Waals surface area contributed by atoms with E-state index in [-0.39, 0.29) is 18.8 Å². The van der Waals surface area contributed by atoms with Crippen molar-refractivity contribution in [3.05, 3.63) is 59.1 Å². The van der Waals surface area contributed by atoms with E-state index in [0.29, 0.717) is 16.5 Å². The summed E-state index contributed by atoms with van der Waals surface area (Å²) in [5.74, 6) is 0.0374. The van der Waals surface area contributed by atoms with E-state index < -0.39 is 12.1 Å². The number of carbonyl (C=O) groups is 2. The summed E-state index contributed by atoms with van der Waals surface area (Å²) in [6.07, 6.45) is -0.579. The van der Waals surface area contributed by atoms with Crippen molar-refractivity contribution in [3.63, 3.8) is 0 Å². The molecule has 0 heterocycles. The first-order chi connectivity index (χ1) is 12.0. The molecule has 6 nitrogen and oxygen atoms in total. The first-order valence-corrected chi connectivity index (χ1v) is 7.87. The van der Waals surface area contributed by atoms with Gasteiger partial charge in [-0.25, -0.2) is 9.59 Å². The standard InChI is InChI=1S/C18H18ClNO5/c1-20(18(22)23-2)16-9-4-3-8-15(16)17(21)25-11-10-24-14-7-5-6-13(19)12-14/h3-9,12H,10-11H2,1-2H3. The van der Waals surface area contributed by atoms with Crippen LogP contribution in [0.2, 0.25) is 5.02 Å². The van der Waals surface area contributed by atoms with E-state index in [9.17, 15) is 9.59 Å². The van der Waals surface area contributed by atoms with E-state index in [2.05, 4.69) is 4.74 Å². The van der Waals surface area contributed by atoms with Crippen LogP contribution in [-0.4, -0.2) is 39.4 Å². The molecule has 0 N–H and O–H groups in total. The minimum Gasteiger partial charge on any atom is -0.490 e. The minimum atomic E-state index is -0.579. The molecule has 0 aliphatic rings. The highest BCUT2D eigenvalue weighted by molar-refractivity contribution is 6.30. The maximum Gasteiger partial charge on any atom is 0.413 e. The predicted molar refractivity (Wildman–Crippen MR) is 94.5 cm³/mol. The highest BCUT2D eigenvalue weighted by atomic mass is 35.5. The molecule has 0 radical (unpaired) electrons. The maximum absolute atomic E-state index is 12.3. The number of rotatable bonds is 6. The van der Waals surface area contributed by atoms with Gasteiger partial charge in [-0.1, -0.05) is 29.8 Å². The third-order valence-corrected chi connectivity index (χ3v) is 3.55. The molecule has 0 aromatic heterocycles. The molecule has 2 aromatic carbocycles. The van der Waals surface area contributed by atoms with Crippen LogP contribution in [-0.2, 0) is 9.47 Å². The van der Waals surface area contributed by atoms with Crippen LogP contribution in [0.4, 0.5) is 10.5 Å². The summed E-state index contributed by atoms with van der Waals surface area (Å²) in [5, 5.41) is 0.564. The van der Waals surface area contributed by atoms with Crippen molar-refractivity contribution in [2.24, 2.45) is 0 Å². The fourth-order valence-corrected chi connectivity index (χ4v) is 2.28. The van der Waals surface area contributed by atoms with Gasteiger partial charge in [-0.2, -0.15) is 0 Å². The monoisotopic (exact) mass is 363 g/mol. The topological polar surface area (TPSA) is 65.1 Å². The number of nitrogens with zero attached hydrogens (tertiary/aromatic N) is 1. The average Bonchev–Trinajstić information content (AvgIpc) is 2.64. The zero-order chi connectivity index (χ0) is 18.2. The summed E-state index contributed by atoms with van der Waals surface area (Å²) < 4.78 is 15.3. The molecule has 0 aliphatic carbocycles. The molecule has 25 heavy (non-hydrogen) atoms. The molecule has 0 unspecified atom stereocenters. The van der Waals surface area contributed by atoms with E-state index in [4.69, 9.17) is 21.1 Å². The molecule has 1 amide bonds.